The highest BCUT2D eigenvalue weighted by molar-refractivity contribution is 5.83. The Labute approximate surface area is 166 Å². The summed E-state index contributed by atoms with van der Waals surface area (Å²) in [5.74, 6) is 0.604. The van der Waals surface area contributed by atoms with E-state index in [0.29, 0.717) is 12.3 Å². The molecule has 2 amide bonds. The Morgan fingerprint density at radius 3 is 2.29 bits per heavy atom. The molecular formula is C21H30N4O3. The van der Waals surface area contributed by atoms with Gasteiger partial charge in [0.2, 0.25) is 0 Å². The van der Waals surface area contributed by atoms with E-state index in [1.807, 2.05) is 17.0 Å². The number of hydrogen-bond acceptors (Lipinski definition) is 5. The lowest BCUT2D eigenvalue weighted by Gasteiger charge is -2.26. The first kappa shape index (κ1) is 20.3. The number of hydrazone groups is 1. The molecule has 3 rings (SSSR count). The van der Waals surface area contributed by atoms with Gasteiger partial charge in [-0.15, -0.1) is 0 Å². The molecule has 28 heavy (non-hydrogen) atoms. The van der Waals surface area contributed by atoms with Crippen LogP contribution in [0, 0.1) is 0 Å². The van der Waals surface area contributed by atoms with E-state index in [0.717, 1.165) is 57.4 Å². The molecule has 2 aliphatic heterocycles. The predicted molar refractivity (Wildman–Crippen MR) is 108 cm³/mol. The second-order valence-electron chi connectivity index (χ2n) is 7.43. The lowest BCUT2D eigenvalue weighted by atomic mass is 10.1. The summed E-state index contributed by atoms with van der Waals surface area (Å²) in [6.45, 7) is 4.11. The minimum atomic E-state index is -0.0886. The number of ether oxygens (including phenoxy) is 1. The number of carbonyl (C=O) groups is 2. The van der Waals surface area contributed by atoms with E-state index in [4.69, 9.17) is 4.74 Å². The van der Waals surface area contributed by atoms with Gasteiger partial charge >= 0.3 is 0 Å². The van der Waals surface area contributed by atoms with Crippen LogP contribution in [0.4, 0.5) is 0 Å². The third kappa shape index (κ3) is 6.64. The first-order valence-corrected chi connectivity index (χ1v) is 10.3. The minimum absolute atomic E-state index is 0.0433. The third-order valence-corrected chi connectivity index (χ3v) is 5.17. The normalized spacial score (nSPS) is 18.2. The van der Waals surface area contributed by atoms with Gasteiger partial charge in [-0.25, -0.2) is 5.43 Å². The van der Waals surface area contributed by atoms with Crippen LogP contribution in [-0.2, 0) is 9.59 Å². The molecule has 7 nitrogen and oxygen atoms in total. The molecule has 0 spiro atoms. The molecular weight excluding hydrogens is 356 g/mol. The van der Waals surface area contributed by atoms with Crippen LogP contribution in [0.5, 0.6) is 5.75 Å². The van der Waals surface area contributed by atoms with Gasteiger partial charge in [-0.3, -0.25) is 14.5 Å². The van der Waals surface area contributed by atoms with Gasteiger partial charge < -0.3 is 9.64 Å². The van der Waals surface area contributed by atoms with Crippen LogP contribution < -0.4 is 10.2 Å². The summed E-state index contributed by atoms with van der Waals surface area (Å²) < 4.78 is 5.59. The largest absolute Gasteiger partial charge is 0.484 e. The van der Waals surface area contributed by atoms with Gasteiger partial charge in [0.25, 0.3) is 11.8 Å². The molecule has 0 aliphatic carbocycles. The SMILES string of the molecule is O=C(CN1CCCCC1)NN=Cc1ccc(OCC(=O)N2CCCCC2)cc1. The fraction of sp³-hybridized carbons (Fsp3) is 0.571. The van der Waals surface area contributed by atoms with Crippen LogP contribution in [0.15, 0.2) is 29.4 Å². The Hall–Kier alpha value is -2.41. The molecule has 0 unspecified atom stereocenters. The van der Waals surface area contributed by atoms with Crippen LogP contribution in [0.2, 0.25) is 0 Å². The smallest absolute Gasteiger partial charge is 0.260 e. The summed E-state index contributed by atoms with van der Waals surface area (Å²) in [5.41, 5.74) is 3.43. The van der Waals surface area contributed by atoms with Crippen LogP contribution in [0.3, 0.4) is 0 Å². The van der Waals surface area contributed by atoms with Crippen molar-refractivity contribution in [1.82, 2.24) is 15.2 Å². The van der Waals surface area contributed by atoms with E-state index >= 15 is 0 Å². The highest BCUT2D eigenvalue weighted by Crippen LogP contribution is 2.13. The first-order valence-electron chi connectivity index (χ1n) is 10.3. The summed E-state index contributed by atoms with van der Waals surface area (Å²) in [4.78, 5) is 28.1. The average molecular weight is 386 g/mol. The van der Waals surface area contributed by atoms with Crippen molar-refractivity contribution in [3.8, 4) is 5.75 Å². The van der Waals surface area contributed by atoms with E-state index in [2.05, 4.69) is 15.4 Å². The molecule has 0 bridgehead atoms. The fourth-order valence-corrected chi connectivity index (χ4v) is 3.56. The van der Waals surface area contributed by atoms with Crippen molar-refractivity contribution in [1.29, 1.82) is 0 Å². The number of benzene rings is 1. The van der Waals surface area contributed by atoms with E-state index in [-0.39, 0.29) is 18.4 Å². The second-order valence-corrected chi connectivity index (χ2v) is 7.43. The Bertz CT molecular complexity index is 663. The number of likely N-dealkylation sites (tertiary alicyclic amines) is 2. The van der Waals surface area contributed by atoms with E-state index in [1.54, 1.807) is 18.3 Å². The topological polar surface area (TPSA) is 74.2 Å². The molecule has 2 heterocycles. The zero-order chi connectivity index (χ0) is 19.6. The van der Waals surface area contributed by atoms with E-state index in [9.17, 15) is 9.59 Å². The molecule has 0 saturated carbocycles. The van der Waals surface area contributed by atoms with Crippen molar-refractivity contribution in [2.24, 2.45) is 5.10 Å². The van der Waals surface area contributed by atoms with E-state index < -0.39 is 0 Å². The van der Waals surface area contributed by atoms with Gasteiger partial charge in [0.15, 0.2) is 6.61 Å². The number of hydrogen-bond donors (Lipinski definition) is 1. The molecule has 2 aliphatic rings. The van der Waals surface area contributed by atoms with Gasteiger partial charge in [-0.05, 0) is 75.0 Å². The molecule has 1 aromatic carbocycles. The maximum Gasteiger partial charge on any atom is 0.260 e. The molecule has 1 aromatic rings. The second kappa shape index (κ2) is 10.8. The van der Waals surface area contributed by atoms with Crippen LogP contribution in [0.1, 0.15) is 44.1 Å². The Balaban J connectivity index is 1.37. The molecule has 1 N–H and O–H groups in total. The summed E-state index contributed by atoms with van der Waals surface area (Å²) in [6, 6.07) is 7.31. The number of carbonyl (C=O) groups excluding carboxylic acids is 2. The summed E-state index contributed by atoms with van der Waals surface area (Å²) in [6.07, 6.45) is 8.54. The molecule has 7 heteroatoms. The van der Waals surface area contributed by atoms with Crippen molar-refractivity contribution in [3.63, 3.8) is 0 Å². The standard InChI is InChI=1S/C21H30N4O3/c26-20(16-24-11-3-1-4-12-24)23-22-15-18-7-9-19(10-8-18)28-17-21(27)25-13-5-2-6-14-25/h7-10,15H,1-6,11-14,16-17H2,(H,23,26). The van der Waals surface area contributed by atoms with Gasteiger partial charge in [-0.2, -0.15) is 5.10 Å². The molecule has 0 atom stereocenters. The Morgan fingerprint density at radius 1 is 0.964 bits per heavy atom. The maximum absolute atomic E-state index is 12.1. The average Bonchev–Trinajstić information content (AvgIpc) is 2.74. The molecule has 152 valence electrons. The van der Waals surface area contributed by atoms with Crippen LogP contribution in [-0.4, -0.2) is 67.2 Å². The van der Waals surface area contributed by atoms with Crippen molar-refractivity contribution < 1.29 is 14.3 Å². The Kier molecular flexibility index (Phi) is 7.84. The maximum atomic E-state index is 12.1. The lowest BCUT2D eigenvalue weighted by Crippen LogP contribution is -2.38. The fourth-order valence-electron chi connectivity index (χ4n) is 3.56. The number of amides is 2. The predicted octanol–water partition coefficient (Wildman–Crippen LogP) is 2.01. The first-order chi connectivity index (χ1) is 13.7. The third-order valence-electron chi connectivity index (χ3n) is 5.17. The van der Waals surface area contributed by atoms with Gasteiger partial charge in [0, 0.05) is 13.1 Å². The summed E-state index contributed by atoms with van der Waals surface area (Å²) in [7, 11) is 0. The summed E-state index contributed by atoms with van der Waals surface area (Å²) >= 11 is 0. The highest BCUT2D eigenvalue weighted by atomic mass is 16.5. The monoisotopic (exact) mass is 386 g/mol. The van der Waals surface area contributed by atoms with Gasteiger partial charge in [0.05, 0.1) is 12.8 Å². The van der Waals surface area contributed by atoms with Gasteiger partial charge in [-0.1, -0.05) is 6.42 Å². The highest BCUT2D eigenvalue weighted by Gasteiger charge is 2.16. The molecule has 2 fully saturated rings. The number of piperidine rings is 2. The molecule has 0 aromatic heterocycles. The Morgan fingerprint density at radius 2 is 1.61 bits per heavy atom. The van der Waals surface area contributed by atoms with Crippen LogP contribution in [0.25, 0.3) is 0 Å². The van der Waals surface area contributed by atoms with Crippen LogP contribution >= 0.6 is 0 Å². The van der Waals surface area contributed by atoms with E-state index in [1.165, 1.54) is 12.8 Å². The van der Waals surface area contributed by atoms with Gasteiger partial charge in [0.1, 0.15) is 5.75 Å². The van der Waals surface area contributed by atoms with Crippen molar-refractivity contribution in [2.45, 2.75) is 38.5 Å². The van der Waals surface area contributed by atoms with Crippen molar-refractivity contribution >= 4 is 18.0 Å². The molecule has 0 radical (unpaired) electrons. The van der Waals surface area contributed by atoms with Crippen molar-refractivity contribution in [2.75, 3.05) is 39.3 Å². The van der Waals surface area contributed by atoms with Crippen molar-refractivity contribution in [3.05, 3.63) is 29.8 Å². The zero-order valence-electron chi connectivity index (χ0n) is 16.4. The molecule has 2 saturated heterocycles. The number of nitrogens with zero attached hydrogens (tertiary/aromatic N) is 3. The zero-order valence-corrected chi connectivity index (χ0v) is 16.4. The number of rotatable bonds is 7. The quantitative estimate of drug-likeness (QED) is 0.575. The number of nitrogens with one attached hydrogen (secondary N) is 1. The summed E-state index contributed by atoms with van der Waals surface area (Å²) in [5, 5.41) is 4.02. The lowest BCUT2D eigenvalue weighted by molar-refractivity contribution is -0.134. The minimum Gasteiger partial charge on any atom is -0.484 e.